The normalized spacial score (nSPS) is 30.9. The van der Waals surface area contributed by atoms with Gasteiger partial charge in [0.15, 0.2) is 10.3 Å². The first-order chi connectivity index (χ1) is 9.17. The lowest BCUT2D eigenvalue weighted by Crippen LogP contribution is -2.52. The zero-order valence-corrected chi connectivity index (χ0v) is 12.5. The summed E-state index contributed by atoms with van der Waals surface area (Å²) in [6.07, 6.45) is 6.27. The molecule has 6 heteroatoms. The SMILES string of the molecule is CN1C2CCCC1CC(Nc1nc(Cl)c(C#N)s1)C2. The number of anilines is 1. The van der Waals surface area contributed by atoms with Gasteiger partial charge in [-0.3, -0.25) is 0 Å². The Morgan fingerprint density at radius 2 is 2.11 bits per heavy atom. The monoisotopic (exact) mass is 296 g/mol. The third-order valence-corrected chi connectivity index (χ3v) is 5.63. The van der Waals surface area contributed by atoms with Crippen molar-refractivity contribution in [1.82, 2.24) is 9.88 Å². The Morgan fingerprint density at radius 3 is 2.68 bits per heavy atom. The number of hydrogen-bond donors (Lipinski definition) is 1. The lowest BCUT2D eigenvalue weighted by atomic mass is 9.82. The van der Waals surface area contributed by atoms with E-state index in [-0.39, 0.29) is 0 Å². The van der Waals surface area contributed by atoms with Crippen molar-refractivity contribution in [2.75, 3.05) is 12.4 Å². The molecule has 2 bridgehead atoms. The van der Waals surface area contributed by atoms with Crippen LogP contribution in [0.4, 0.5) is 5.13 Å². The first-order valence-corrected chi connectivity index (χ1v) is 7.91. The average molecular weight is 297 g/mol. The number of thiazole rings is 1. The number of halogens is 1. The third kappa shape index (κ3) is 2.58. The van der Waals surface area contributed by atoms with E-state index in [0.29, 0.717) is 28.2 Å². The predicted molar refractivity (Wildman–Crippen MR) is 77.7 cm³/mol. The Hall–Kier alpha value is -0.830. The second-order valence-corrected chi connectivity index (χ2v) is 6.82. The van der Waals surface area contributed by atoms with Gasteiger partial charge in [0.25, 0.3) is 0 Å². The Kier molecular flexibility index (Phi) is 3.66. The quantitative estimate of drug-likeness (QED) is 0.911. The van der Waals surface area contributed by atoms with E-state index in [1.165, 1.54) is 30.6 Å². The summed E-state index contributed by atoms with van der Waals surface area (Å²) in [5, 5.41) is 13.5. The number of nitriles is 1. The van der Waals surface area contributed by atoms with Crippen molar-refractivity contribution in [3.05, 3.63) is 10.0 Å². The average Bonchev–Trinajstić information content (AvgIpc) is 2.71. The van der Waals surface area contributed by atoms with Crippen LogP contribution in [0.2, 0.25) is 5.15 Å². The number of piperidine rings is 2. The molecule has 3 heterocycles. The van der Waals surface area contributed by atoms with E-state index < -0.39 is 0 Å². The molecule has 2 atom stereocenters. The largest absolute Gasteiger partial charge is 0.359 e. The summed E-state index contributed by atoms with van der Waals surface area (Å²) in [7, 11) is 2.25. The van der Waals surface area contributed by atoms with Crippen molar-refractivity contribution in [3.63, 3.8) is 0 Å². The fourth-order valence-electron chi connectivity index (χ4n) is 3.34. The zero-order chi connectivity index (χ0) is 13.4. The highest BCUT2D eigenvalue weighted by Gasteiger charge is 2.36. The van der Waals surface area contributed by atoms with E-state index in [4.69, 9.17) is 16.9 Å². The van der Waals surface area contributed by atoms with Gasteiger partial charge < -0.3 is 10.2 Å². The van der Waals surface area contributed by atoms with Crippen LogP contribution in [0.25, 0.3) is 0 Å². The minimum atomic E-state index is 0.322. The zero-order valence-electron chi connectivity index (χ0n) is 10.9. The summed E-state index contributed by atoms with van der Waals surface area (Å²) in [6, 6.07) is 3.92. The molecule has 1 aromatic heterocycles. The summed E-state index contributed by atoms with van der Waals surface area (Å²) in [5.74, 6) is 0. The van der Waals surface area contributed by atoms with Crippen LogP contribution in [0.3, 0.4) is 0 Å². The van der Waals surface area contributed by atoms with Crippen LogP contribution >= 0.6 is 22.9 Å². The van der Waals surface area contributed by atoms with Crippen LogP contribution in [0.1, 0.15) is 37.0 Å². The molecule has 0 radical (unpaired) electrons. The molecular formula is C13H17ClN4S. The fraction of sp³-hybridized carbons (Fsp3) is 0.692. The van der Waals surface area contributed by atoms with Crippen LogP contribution in [0.5, 0.6) is 0 Å². The van der Waals surface area contributed by atoms with Gasteiger partial charge in [-0.2, -0.15) is 5.26 Å². The maximum absolute atomic E-state index is 8.91. The smallest absolute Gasteiger partial charge is 0.185 e. The van der Waals surface area contributed by atoms with Gasteiger partial charge in [0, 0.05) is 18.1 Å². The van der Waals surface area contributed by atoms with Gasteiger partial charge in [-0.05, 0) is 32.7 Å². The van der Waals surface area contributed by atoms with Crippen LogP contribution in [-0.4, -0.2) is 35.1 Å². The van der Waals surface area contributed by atoms with Crippen molar-refractivity contribution in [1.29, 1.82) is 5.26 Å². The number of rotatable bonds is 2. The van der Waals surface area contributed by atoms with E-state index in [0.717, 1.165) is 18.0 Å². The summed E-state index contributed by atoms with van der Waals surface area (Å²) in [4.78, 5) is 7.26. The Labute approximate surface area is 122 Å². The van der Waals surface area contributed by atoms with Crippen LogP contribution < -0.4 is 5.32 Å². The molecular weight excluding hydrogens is 280 g/mol. The van der Waals surface area contributed by atoms with Gasteiger partial charge in [0.05, 0.1) is 0 Å². The molecule has 0 aromatic carbocycles. The minimum absolute atomic E-state index is 0.322. The van der Waals surface area contributed by atoms with Crippen molar-refractivity contribution in [2.24, 2.45) is 0 Å². The lowest BCUT2D eigenvalue weighted by molar-refractivity contribution is 0.0608. The molecule has 3 rings (SSSR count). The van der Waals surface area contributed by atoms with E-state index >= 15 is 0 Å². The molecule has 2 saturated heterocycles. The highest BCUT2D eigenvalue weighted by molar-refractivity contribution is 7.16. The van der Waals surface area contributed by atoms with Gasteiger partial charge in [0.2, 0.25) is 0 Å². The molecule has 2 fully saturated rings. The van der Waals surface area contributed by atoms with Gasteiger partial charge in [-0.25, -0.2) is 4.98 Å². The molecule has 102 valence electrons. The summed E-state index contributed by atoms with van der Waals surface area (Å²) in [5.41, 5.74) is 0. The van der Waals surface area contributed by atoms with Crippen molar-refractivity contribution in [3.8, 4) is 6.07 Å². The molecule has 0 spiro atoms. The number of fused-ring (bicyclic) bond motifs is 2. The van der Waals surface area contributed by atoms with Crippen LogP contribution in [0, 0.1) is 11.3 Å². The molecule has 0 saturated carbocycles. The summed E-state index contributed by atoms with van der Waals surface area (Å²) < 4.78 is 0. The van der Waals surface area contributed by atoms with E-state index in [1.54, 1.807) is 0 Å². The molecule has 0 aliphatic carbocycles. The van der Waals surface area contributed by atoms with Crippen LogP contribution in [-0.2, 0) is 0 Å². The first-order valence-electron chi connectivity index (χ1n) is 6.72. The van der Waals surface area contributed by atoms with E-state index in [1.807, 2.05) is 0 Å². The van der Waals surface area contributed by atoms with Crippen molar-refractivity contribution >= 4 is 28.1 Å². The Balaban J connectivity index is 1.69. The lowest BCUT2D eigenvalue weighted by Gasteiger charge is -2.47. The highest BCUT2D eigenvalue weighted by atomic mass is 35.5. The molecule has 19 heavy (non-hydrogen) atoms. The number of aromatic nitrogens is 1. The molecule has 1 aromatic rings. The second-order valence-electron chi connectivity index (χ2n) is 5.47. The number of nitrogens with one attached hydrogen (secondary N) is 1. The highest BCUT2D eigenvalue weighted by Crippen LogP contribution is 2.35. The molecule has 2 unspecified atom stereocenters. The maximum atomic E-state index is 8.91. The summed E-state index contributed by atoms with van der Waals surface area (Å²) >= 11 is 7.26. The summed E-state index contributed by atoms with van der Waals surface area (Å²) in [6.45, 7) is 0. The topological polar surface area (TPSA) is 52.0 Å². The number of nitrogens with zero attached hydrogens (tertiary/aromatic N) is 3. The fourth-order valence-corrected chi connectivity index (χ4v) is 4.36. The first kappa shape index (κ1) is 13.2. The van der Waals surface area contributed by atoms with Gasteiger partial charge in [0.1, 0.15) is 10.9 Å². The van der Waals surface area contributed by atoms with Crippen molar-refractivity contribution < 1.29 is 0 Å². The van der Waals surface area contributed by atoms with E-state index in [2.05, 4.69) is 28.3 Å². The second kappa shape index (κ2) is 5.28. The van der Waals surface area contributed by atoms with Crippen LogP contribution in [0.15, 0.2) is 0 Å². The molecule has 2 aliphatic heterocycles. The standard InChI is InChI=1S/C13H17ClN4S/c1-18-9-3-2-4-10(18)6-8(5-9)16-13-17-12(14)11(7-15)19-13/h8-10H,2-6H2,1H3,(H,16,17). The maximum Gasteiger partial charge on any atom is 0.185 e. The third-order valence-electron chi connectivity index (χ3n) is 4.35. The molecule has 4 nitrogen and oxygen atoms in total. The molecule has 2 aliphatic rings. The van der Waals surface area contributed by atoms with Crippen molar-refractivity contribution in [2.45, 2.75) is 50.2 Å². The number of hydrogen-bond acceptors (Lipinski definition) is 5. The molecule has 0 amide bonds. The van der Waals surface area contributed by atoms with E-state index in [9.17, 15) is 0 Å². The van der Waals surface area contributed by atoms with Gasteiger partial charge in [-0.1, -0.05) is 29.4 Å². The van der Waals surface area contributed by atoms with Gasteiger partial charge in [-0.15, -0.1) is 0 Å². The predicted octanol–water partition coefficient (Wildman–Crippen LogP) is 3.10. The van der Waals surface area contributed by atoms with Gasteiger partial charge >= 0.3 is 0 Å². The Morgan fingerprint density at radius 1 is 1.42 bits per heavy atom. The molecule has 1 N–H and O–H groups in total. The minimum Gasteiger partial charge on any atom is -0.359 e. The Bertz CT molecular complexity index is 495.